The minimum Gasteiger partial charge on any atom is -0.395 e. The van der Waals surface area contributed by atoms with Crippen molar-refractivity contribution >= 4 is 6.03 Å². The van der Waals surface area contributed by atoms with E-state index in [0.717, 1.165) is 12.5 Å². The van der Waals surface area contributed by atoms with Gasteiger partial charge in [0.1, 0.15) is 11.6 Å². The minimum atomic E-state index is -0.621. The third-order valence-electron chi connectivity index (χ3n) is 3.20. The Bertz CT molecular complexity index is 463. The van der Waals surface area contributed by atoms with Gasteiger partial charge in [-0.05, 0) is 18.1 Å². The Hall–Kier alpha value is -1.69. The van der Waals surface area contributed by atoms with Gasteiger partial charge in [-0.3, -0.25) is 0 Å². The molecule has 2 N–H and O–H groups in total. The highest BCUT2D eigenvalue weighted by Gasteiger charge is 2.15. The summed E-state index contributed by atoms with van der Waals surface area (Å²) >= 11 is 0. The van der Waals surface area contributed by atoms with E-state index in [-0.39, 0.29) is 31.6 Å². The van der Waals surface area contributed by atoms with Crippen molar-refractivity contribution in [2.75, 3.05) is 26.2 Å². The zero-order valence-corrected chi connectivity index (χ0v) is 12.4. The van der Waals surface area contributed by atoms with E-state index in [1.54, 1.807) is 6.92 Å². The van der Waals surface area contributed by atoms with Crippen LogP contribution in [0.4, 0.5) is 13.6 Å². The summed E-state index contributed by atoms with van der Waals surface area (Å²) in [6.45, 7) is 4.65. The average Bonchev–Trinajstić information content (AvgIpc) is 2.44. The Balaban J connectivity index is 2.58. The molecule has 21 heavy (non-hydrogen) atoms. The molecule has 1 aromatic rings. The second-order valence-corrected chi connectivity index (χ2v) is 4.96. The molecule has 0 heterocycles. The summed E-state index contributed by atoms with van der Waals surface area (Å²) in [4.78, 5) is 13.5. The van der Waals surface area contributed by atoms with Crippen LogP contribution in [0, 0.1) is 11.6 Å². The molecule has 0 aliphatic carbocycles. The van der Waals surface area contributed by atoms with Crippen molar-refractivity contribution in [3.63, 3.8) is 0 Å². The molecule has 1 unspecified atom stereocenters. The van der Waals surface area contributed by atoms with E-state index in [2.05, 4.69) is 5.32 Å². The fourth-order valence-electron chi connectivity index (χ4n) is 2.07. The molecule has 0 saturated carbocycles. The van der Waals surface area contributed by atoms with Gasteiger partial charge in [-0.1, -0.05) is 19.9 Å². The van der Waals surface area contributed by atoms with Gasteiger partial charge in [0.25, 0.3) is 0 Å². The molecule has 6 heteroatoms. The van der Waals surface area contributed by atoms with Gasteiger partial charge in [0.2, 0.25) is 0 Å². The molecule has 0 aromatic heterocycles. The van der Waals surface area contributed by atoms with Crippen LogP contribution in [0.1, 0.15) is 31.7 Å². The SMILES string of the molecule is CCCN(CCO)C(=O)NCC(C)c1ccc(F)cc1F. The summed E-state index contributed by atoms with van der Waals surface area (Å²) in [5, 5.41) is 11.6. The van der Waals surface area contributed by atoms with Crippen molar-refractivity contribution in [1.29, 1.82) is 0 Å². The number of nitrogens with zero attached hydrogens (tertiary/aromatic N) is 1. The van der Waals surface area contributed by atoms with Crippen LogP contribution in [-0.4, -0.2) is 42.3 Å². The van der Waals surface area contributed by atoms with Crippen molar-refractivity contribution in [3.8, 4) is 0 Å². The molecule has 1 aromatic carbocycles. The van der Waals surface area contributed by atoms with Crippen LogP contribution in [0.15, 0.2) is 18.2 Å². The van der Waals surface area contributed by atoms with E-state index < -0.39 is 11.6 Å². The number of urea groups is 1. The van der Waals surface area contributed by atoms with Crippen LogP contribution in [0.3, 0.4) is 0 Å². The number of hydrogen-bond acceptors (Lipinski definition) is 2. The summed E-state index contributed by atoms with van der Waals surface area (Å²) in [5.41, 5.74) is 0.362. The predicted octanol–water partition coefficient (Wildman–Crippen LogP) is 2.48. The zero-order chi connectivity index (χ0) is 15.8. The first-order chi connectivity index (χ1) is 9.99. The molecule has 1 atom stereocenters. The van der Waals surface area contributed by atoms with Crippen molar-refractivity contribution in [2.24, 2.45) is 0 Å². The van der Waals surface area contributed by atoms with Crippen LogP contribution in [-0.2, 0) is 0 Å². The van der Waals surface area contributed by atoms with Crippen molar-refractivity contribution < 1.29 is 18.7 Å². The van der Waals surface area contributed by atoms with E-state index in [1.807, 2.05) is 6.92 Å². The van der Waals surface area contributed by atoms with Crippen LogP contribution in [0.5, 0.6) is 0 Å². The number of benzene rings is 1. The van der Waals surface area contributed by atoms with Crippen molar-refractivity contribution in [1.82, 2.24) is 10.2 Å². The number of rotatable bonds is 7. The Morgan fingerprint density at radius 2 is 2.10 bits per heavy atom. The number of aliphatic hydroxyl groups is 1. The second kappa shape index (κ2) is 8.56. The molecule has 2 amide bonds. The number of nitrogens with one attached hydrogen (secondary N) is 1. The standard InChI is InChI=1S/C15H22F2N2O2/c1-3-6-19(7-8-20)15(21)18-10-11(2)13-5-4-12(16)9-14(13)17/h4-5,9,11,20H,3,6-8,10H2,1-2H3,(H,18,21). The topological polar surface area (TPSA) is 52.6 Å². The second-order valence-electron chi connectivity index (χ2n) is 4.96. The van der Waals surface area contributed by atoms with E-state index >= 15 is 0 Å². The Morgan fingerprint density at radius 3 is 2.67 bits per heavy atom. The third kappa shape index (κ3) is 5.30. The predicted molar refractivity (Wildman–Crippen MR) is 77.1 cm³/mol. The lowest BCUT2D eigenvalue weighted by Crippen LogP contribution is -2.43. The fraction of sp³-hybridized carbons (Fsp3) is 0.533. The average molecular weight is 300 g/mol. The first kappa shape index (κ1) is 17.4. The highest BCUT2D eigenvalue weighted by Crippen LogP contribution is 2.19. The first-order valence-electron chi connectivity index (χ1n) is 7.08. The minimum absolute atomic E-state index is 0.102. The largest absolute Gasteiger partial charge is 0.395 e. The molecule has 0 aliphatic rings. The van der Waals surface area contributed by atoms with Gasteiger partial charge in [0.05, 0.1) is 6.61 Å². The van der Waals surface area contributed by atoms with Gasteiger partial charge in [0.15, 0.2) is 0 Å². The third-order valence-corrected chi connectivity index (χ3v) is 3.20. The Labute approximate surface area is 123 Å². The molecule has 0 aliphatic heterocycles. The molecule has 1 rings (SSSR count). The Morgan fingerprint density at radius 1 is 1.38 bits per heavy atom. The summed E-state index contributed by atoms with van der Waals surface area (Å²) in [5.74, 6) is -1.51. The summed E-state index contributed by atoms with van der Waals surface area (Å²) in [7, 11) is 0. The highest BCUT2D eigenvalue weighted by molar-refractivity contribution is 5.74. The van der Waals surface area contributed by atoms with E-state index in [1.165, 1.54) is 17.0 Å². The molecular formula is C15H22F2N2O2. The normalized spacial score (nSPS) is 12.0. The molecule has 0 bridgehead atoms. The fourth-order valence-corrected chi connectivity index (χ4v) is 2.07. The summed E-state index contributed by atoms with van der Waals surface area (Å²) in [6, 6.07) is 3.13. The molecule has 0 spiro atoms. The highest BCUT2D eigenvalue weighted by atomic mass is 19.1. The van der Waals surface area contributed by atoms with Gasteiger partial charge < -0.3 is 15.3 Å². The maximum Gasteiger partial charge on any atom is 0.317 e. The van der Waals surface area contributed by atoms with Crippen molar-refractivity contribution in [3.05, 3.63) is 35.4 Å². The molecule has 0 fully saturated rings. The zero-order valence-electron chi connectivity index (χ0n) is 12.4. The van der Waals surface area contributed by atoms with Gasteiger partial charge >= 0.3 is 6.03 Å². The monoisotopic (exact) mass is 300 g/mol. The lowest BCUT2D eigenvalue weighted by molar-refractivity contribution is 0.177. The van der Waals surface area contributed by atoms with Gasteiger partial charge in [0, 0.05) is 31.6 Å². The Kier molecular flexibility index (Phi) is 7.08. The number of hydrogen-bond donors (Lipinski definition) is 2. The van der Waals surface area contributed by atoms with Gasteiger partial charge in [-0.25, -0.2) is 13.6 Å². The van der Waals surface area contributed by atoms with E-state index in [0.29, 0.717) is 12.1 Å². The van der Waals surface area contributed by atoms with Gasteiger partial charge in [-0.15, -0.1) is 0 Å². The number of halogens is 2. The van der Waals surface area contributed by atoms with E-state index in [9.17, 15) is 13.6 Å². The number of aliphatic hydroxyl groups excluding tert-OH is 1. The molecular weight excluding hydrogens is 278 g/mol. The first-order valence-corrected chi connectivity index (χ1v) is 7.08. The van der Waals surface area contributed by atoms with Crippen LogP contribution in [0.25, 0.3) is 0 Å². The molecule has 4 nitrogen and oxygen atoms in total. The van der Waals surface area contributed by atoms with Crippen molar-refractivity contribution in [2.45, 2.75) is 26.2 Å². The lowest BCUT2D eigenvalue weighted by Gasteiger charge is -2.23. The van der Waals surface area contributed by atoms with E-state index in [4.69, 9.17) is 5.11 Å². The molecule has 118 valence electrons. The summed E-state index contributed by atoms with van der Waals surface area (Å²) < 4.78 is 26.5. The lowest BCUT2D eigenvalue weighted by atomic mass is 10.0. The quantitative estimate of drug-likeness (QED) is 0.813. The maximum atomic E-state index is 13.6. The molecule has 0 saturated heterocycles. The number of amides is 2. The molecule has 0 radical (unpaired) electrons. The van der Waals surface area contributed by atoms with Crippen LogP contribution < -0.4 is 5.32 Å². The summed E-state index contributed by atoms with van der Waals surface area (Å²) in [6.07, 6.45) is 0.787. The number of carbonyl (C=O) groups excluding carboxylic acids is 1. The van der Waals surface area contributed by atoms with Gasteiger partial charge in [-0.2, -0.15) is 0 Å². The number of carbonyl (C=O) groups is 1. The van der Waals surface area contributed by atoms with Crippen LogP contribution in [0.2, 0.25) is 0 Å². The maximum absolute atomic E-state index is 13.6. The van der Waals surface area contributed by atoms with Crippen LogP contribution >= 0.6 is 0 Å². The smallest absolute Gasteiger partial charge is 0.317 e.